The van der Waals surface area contributed by atoms with E-state index in [1.165, 1.54) is 19.3 Å². The maximum Gasteiger partial charge on any atom is 0.237 e. The average Bonchev–Trinajstić information content (AvgIpc) is 3.12. The van der Waals surface area contributed by atoms with E-state index in [-0.39, 0.29) is 11.9 Å². The largest absolute Gasteiger partial charge is 0.457 e. The van der Waals surface area contributed by atoms with Gasteiger partial charge in [0.25, 0.3) is 0 Å². The van der Waals surface area contributed by atoms with Gasteiger partial charge in [-0.2, -0.15) is 0 Å². The summed E-state index contributed by atoms with van der Waals surface area (Å²) < 4.78 is 6.07. The van der Waals surface area contributed by atoms with Crippen LogP contribution in [0.2, 0.25) is 0 Å². The zero-order valence-corrected chi connectivity index (χ0v) is 16.8. The van der Waals surface area contributed by atoms with Gasteiger partial charge in [-0.3, -0.25) is 4.79 Å². The van der Waals surface area contributed by atoms with E-state index >= 15 is 0 Å². The van der Waals surface area contributed by atoms with Gasteiger partial charge in [0.15, 0.2) is 0 Å². The van der Waals surface area contributed by atoms with Crippen LogP contribution in [0.3, 0.4) is 0 Å². The van der Waals surface area contributed by atoms with Crippen molar-refractivity contribution in [2.45, 2.75) is 57.5 Å². The van der Waals surface area contributed by atoms with Crippen molar-refractivity contribution in [3.05, 3.63) is 53.9 Å². The second-order valence-corrected chi connectivity index (χ2v) is 7.90. The van der Waals surface area contributed by atoms with E-state index in [1.807, 2.05) is 43.5 Å². The number of nitrogens with two attached hydrogens (primary N) is 1. The lowest BCUT2D eigenvalue weighted by atomic mass is 9.95. The molecule has 1 fully saturated rings. The number of hydrogen-bond donors (Lipinski definition) is 3. The quantitative estimate of drug-likeness (QED) is 0.591. The Kier molecular flexibility index (Phi) is 5.81. The van der Waals surface area contributed by atoms with E-state index in [0.717, 1.165) is 46.5 Å². The number of nitrogens with one attached hydrogen (secondary N) is 2. The van der Waals surface area contributed by atoms with Crippen molar-refractivity contribution >= 4 is 16.9 Å². The van der Waals surface area contributed by atoms with E-state index < -0.39 is 6.04 Å². The number of rotatable bonds is 6. The third-order valence-corrected chi connectivity index (χ3v) is 5.63. The van der Waals surface area contributed by atoms with Gasteiger partial charge in [0, 0.05) is 18.4 Å². The zero-order valence-electron chi connectivity index (χ0n) is 16.8. The lowest BCUT2D eigenvalue weighted by molar-refractivity contribution is -0.123. The fraction of sp³-hybridized carbons (Fsp3) is 0.391. The highest BCUT2D eigenvalue weighted by Crippen LogP contribution is 2.31. The highest BCUT2D eigenvalue weighted by Gasteiger charge is 2.20. The van der Waals surface area contributed by atoms with E-state index in [2.05, 4.69) is 15.3 Å². The van der Waals surface area contributed by atoms with Gasteiger partial charge < -0.3 is 20.8 Å². The Bertz CT molecular complexity index is 974. The number of aromatic nitrogens is 2. The predicted molar refractivity (Wildman–Crippen MR) is 114 cm³/mol. The van der Waals surface area contributed by atoms with E-state index in [0.29, 0.717) is 6.42 Å². The molecule has 4 rings (SSSR count). The SMILES string of the molecule is Cc1c[nH]c2nccc(Oc3ccc(CC(N)C(=O)NC4CCCCC4)cc3)c12. The normalized spacial score (nSPS) is 15.9. The van der Waals surface area contributed by atoms with Crippen LogP contribution in [0.4, 0.5) is 0 Å². The molecule has 0 saturated heterocycles. The molecule has 1 atom stereocenters. The van der Waals surface area contributed by atoms with Gasteiger partial charge in [-0.25, -0.2) is 4.98 Å². The summed E-state index contributed by atoms with van der Waals surface area (Å²) in [5.74, 6) is 1.45. The molecule has 4 N–H and O–H groups in total. The molecule has 152 valence electrons. The van der Waals surface area contributed by atoms with Gasteiger partial charge >= 0.3 is 0 Å². The Hall–Kier alpha value is -2.86. The monoisotopic (exact) mass is 392 g/mol. The van der Waals surface area contributed by atoms with Crippen molar-refractivity contribution in [1.82, 2.24) is 15.3 Å². The number of fused-ring (bicyclic) bond motifs is 1. The molecule has 1 unspecified atom stereocenters. The Morgan fingerprint density at radius 3 is 2.76 bits per heavy atom. The minimum atomic E-state index is -0.536. The van der Waals surface area contributed by atoms with Gasteiger partial charge in [-0.15, -0.1) is 0 Å². The minimum absolute atomic E-state index is 0.0562. The molecule has 1 aliphatic rings. The first-order chi connectivity index (χ1) is 14.1. The molecule has 0 aliphatic heterocycles. The molecule has 0 spiro atoms. The lowest BCUT2D eigenvalue weighted by Crippen LogP contribution is -2.46. The molecule has 6 heteroatoms. The maximum absolute atomic E-state index is 12.4. The van der Waals surface area contributed by atoms with Crippen LogP contribution in [0.1, 0.15) is 43.2 Å². The van der Waals surface area contributed by atoms with Crippen molar-refractivity contribution < 1.29 is 9.53 Å². The van der Waals surface area contributed by atoms with Crippen LogP contribution in [0.15, 0.2) is 42.7 Å². The number of hydrogen-bond acceptors (Lipinski definition) is 4. The van der Waals surface area contributed by atoms with Crippen LogP contribution in [0.5, 0.6) is 11.5 Å². The van der Waals surface area contributed by atoms with Crippen molar-refractivity contribution in [2.75, 3.05) is 0 Å². The second-order valence-electron chi connectivity index (χ2n) is 7.90. The average molecular weight is 393 g/mol. The maximum atomic E-state index is 12.4. The van der Waals surface area contributed by atoms with E-state index in [9.17, 15) is 4.79 Å². The topological polar surface area (TPSA) is 93.0 Å². The second kappa shape index (κ2) is 8.66. The van der Waals surface area contributed by atoms with Crippen molar-refractivity contribution in [3.8, 4) is 11.5 Å². The highest BCUT2D eigenvalue weighted by molar-refractivity contribution is 5.86. The molecular formula is C23H28N4O2. The summed E-state index contributed by atoms with van der Waals surface area (Å²) in [6.07, 6.45) is 9.93. The fourth-order valence-corrected chi connectivity index (χ4v) is 3.99. The minimum Gasteiger partial charge on any atom is -0.457 e. The standard InChI is InChI=1S/C23H28N4O2/c1-15-14-26-22-21(15)20(11-12-25-22)29-18-9-7-16(8-10-18)13-19(24)23(28)27-17-5-3-2-4-6-17/h7-12,14,17,19H,2-6,13,24H2,1H3,(H,25,26)(H,27,28). The Morgan fingerprint density at radius 1 is 1.24 bits per heavy atom. The molecule has 2 aromatic heterocycles. The molecule has 1 saturated carbocycles. The van der Waals surface area contributed by atoms with Gasteiger partial charge in [0.05, 0.1) is 11.4 Å². The molecule has 0 radical (unpaired) electrons. The summed E-state index contributed by atoms with van der Waals surface area (Å²) in [4.78, 5) is 19.8. The third-order valence-electron chi connectivity index (χ3n) is 5.63. The number of nitrogens with zero attached hydrogens (tertiary/aromatic N) is 1. The van der Waals surface area contributed by atoms with Crippen molar-refractivity contribution in [1.29, 1.82) is 0 Å². The summed E-state index contributed by atoms with van der Waals surface area (Å²) in [7, 11) is 0. The molecule has 2 heterocycles. The molecule has 0 bridgehead atoms. The van der Waals surface area contributed by atoms with Crippen molar-refractivity contribution in [2.24, 2.45) is 5.73 Å². The molecule has 1 aromatic carbocycles. The number of H-pyrrole nitrogens is 1. The lowest BCUT2D eigenvalue weighted by Gasteiger charge is -2.24. The molecule has 1 amide bonds. The number of ether oxygens (including phenoxy) is 1. The van der Waals surface area contributed by atoms with Gasteiger partial charge in [0.1, 0.15) is 17.1 Å². The predicted octanol–water partition coefficient (Wildman–Crippen LogP) is 3.98. The van der Waals surface area contributed by atoms with E-state index in [4.69, 9.17) is 10.5 Å². The van der Waals surface area contributed by atoms with Crippen LogP contribution in [-0.2, 0) is 11.2 Å². The zero-order chi connectivity index (χ0) is 20.2. The molecule has 1 aliphatic carbocycles. The first-order valence-corrected chi connectivity index (χ1v) is 10.4. The molecule has 3 aromatic rings. The number of carbonyl (C=O) groups excluding carboxylic acids is 1. The fourth-order valence-electron chi connectivity index (χ4n) is 3.99. The number of amides is 1. The summed E-state index contributed by atoms with van der Waals surface area (Å²) in [6, 6.07) is 9.36. The first-order valence-electron chi connectivity index (χ1n) is 10.4. The van der Waals surface area contributed by atoms with Gasteiger partial charge in [-0.1, -0.05) is 31.4 Å². The van der Waals surface area contributed by atoms with Crippen LogP contribution >= 0.6 is 0 Å². The molecule has 29 heavy (non-hydrogen) atoms. The number of benzene rings is 1. The number of pyridine rings is 1. The van der Waals surface area contributed by atoms with Crippen molar-refractivity contribution in [3.63, 3.8) is 0 Å². The number of aromatic amines is 1. The Morgan fingerprint density at radius 2 is 2.00 bits per heavy atom. The summed E-state index contributed by atoms with van der Waals surface area (Å²) >= 11 is 0. The third kappa shape index (κ3) is 4.59. The van der Waals surface area contributed by atoms with Crippen LogP contribution < -0.4 is 15.8 Å². The summed E-state index contributed by atoms with van der Waals surface area (Å²) in [5, 5.41) is 4.09. The number of carbonyl (C=O) groups is 1. The molecular weight excluding hydrogens is 364 g/mol. The highest BCUT2D eigenvalue weighted by atomic mass is 16.5. The van der Waals surface area contributed by atoms with Gasteiger partial charge in [-0.05, 0) is 55.5 Å². The first kappa shape index (κ1) is 19.5. The van der Waals surface area contributed by atoms with Crippen LogP contribution in [-0.4, -0.2) is 28.0 Å². The Labute approximate surface area is 170 Å². The van der Waals surface area contributed by atoms with Crippen LogP contribution in [0.25, 0.3) is 11.0 Å². The van der Waals surface area contributed by atoms with Gasteiger partial charge in [0.2, 0.25) is 5.91 Å². The molecule has 6 nitrogen and oxygen atoms in total. The van der Waals surface area contributed by atoms with Crippen LogP contribution in [0, 0.1) is 6.92 Å². The summed E-state index contributed by atoms with van der Waals surface area (Å²) in [5.41, 5.74) is 9.06. The summed E-state index contributed by atoms with van der Waals surface area (Å²) in [6.45, 7) is 2.02. The number of aryl methyl sites for hydroxylation is 1. The Balaban J connectivity index is 1.37. The van der Waals surface area contributed by atoms with E-state index in [1.54, 1.807) is 6.20 Å². The smallest absolute Gasteiger partial charge is 0.237 e.